The lowest BCUT2D eigenvalue weighted by Crippen LogP contribution is -2.05. The smallest absolute Gasteiger partial charge is 0.312 e. The molecule has 0 spiro atoms. The number of anilines is 1. The van der Waals surface area contributed by atoms with Crippen LogP contribution in [0.5, 0.6) is 0 Å². The number of pyridine rings is 1. The zero-order valence-electron chi connectivity index (χ0n) is 9.12. The molecule has 8 heteroatoms. The Morgan fingerprint density at radius 3 is 3.06 bits per heavy atom. The third-order valence-corrected chi connectivity index (χ3v) is 2.20. The predicted molar refractivity (Wildman–Crippen MR) is 61.5 cm³/mol. The lowest BCUT2D eigenvalue weighted by molar-refractivity contribution is -0.384. The summed E-state index contributed by atoms with van der Waals surface area (Å²) in [4.78, 5) is 14.1. The first-order valence-corrected chi connectivity index (χ1v) is 4.97. The first kappa shape index (κ1) is 11.5. The Morgan fingerprint density at radius 2 is 2.44 bits per heavy atom. The third kappa shape index (κ3) is 2.41. The molecule has 8 nitrogen and oxygen atoms in total. The second kappa shape index (κ2) is 4.92. The van der Waals surface area contributed by atoms with E-state index in [9.17, 15) is 10.1 Å². The van der Waals surface area contributed by atoms with Crippen LogP contribution in [0.3, 0.4) is 0 Å². The minimum atomic E-state index is -0.580. The van der Waals surface area contributed by atoms with E-state index in [2.05, 4.69) is 20.5 Å². The molecule has 0 saturated heterocycles. The molecule has 2 rings (SSSR count). The van der Waals surface area contributed by atoms with Gasteiger partial charge in [0.05, 0.1) is 22.7 Å². The Labute approximate surface area is 101 Å². The van der Waals surface area contributed by atoms with Gasteiger partial charge in [-0.3, -0.25) is 15.2 Å². The molecule has 18 heavy (non-hydrogen) atoms. The van der Waals surface area contributed by atoms with Crippen LogP contribution in [0.25, 0.3) is 0 Å². The van der Waals surface area contributed by atoms with Crippen LogP contribution in [0.4, 0.5) is 11.5 Å². The maximum Gasteiger partial charge on any atom is 0.312 e. The van der Waals surface area contributed by atoms with E-state index in [1.165, 1.54) is 12.3 Å². The lowest BCUT2D eigenvalue weighted by atomic mass is 10.2. The number of rotatable bonds is 4. The van der Waals surface area contributed by atoms with Gasteiger partial charge in [0.1, 0.15) is 6.07 Å². The van der Waals surface area contributed by atoms with Crippen molar-refractivity contribution in [3.05, 3.63) is 45.9 Å². The highest BCUT2D eigenvalue weighted by Gasteiger charge is 2.16. The monoisotopic (exact) mass is 244 g/mol. The minimum Gasteiger partial charge on any atom is -0.359 e. The Kier molecular flexibility index (Phi) is 3.15. The van der Waals surface area contributed by atoms with Crippen molar-refractivity contribution in [1.82, 2.24) is 15.2 Å². The van der Waals surface area contributed by atoms with E-state index in [4.69, 9.17) is 5.26 Å². The zero-order valence-corrected chi connectivity index (χ0v) is 9.12. The summed E-state index contributed by atoms with van der Waals surface area (Å²) in [5, 5.41) is 28.8. The maximum absolute atomic E-state index is 10.8. The Hall–Kier alpha value is -2.95. The highest BCUT2D eigenvalue weighted by atomic mass is 16.6. The lowest BCUT2D eigenvalue weighted by Gasteiger charge is -2.04. The van der Waals surface area contributed by atoms with Gasteiger partial charge in [0.25, 0.3) is 0 Å². The molecule has 0 aliphatic carbocycles. The number of nitro groups is 1. The van der Waals surface area contributed by atoms with Gasteiger partial charge in [-0.15, -0.1) is 0 Å². The number of nitriles is 1. The SMILES string of the molecule is N#Cc1cnc(NCc2ccn[nH]2)c([N+](=O)[O-])c1. The largest absolute Gasteiger partial charge is 0.359 e. The van der Waals surface area contributed by atoms with Gasteiger partial charge in [0, 0.05) is 18.5 Å². The molecule has 0 atom stereocenters. The molecule has 2 heterocycles. The first-order chi connectivity index (χ1) is 8.70. The molecule has 0 radical (unpaired) electrons. The van der Waals surface area contributed by atoms with Crippen molar-refractivity contribution in [2.24, 2.45) is 0 Å². The second-order valence-electron chi connectivity index (χ2n) is 3.40. The van der Waals surface area contributed by atoms with Gasteiger partial charge >= 0.3 is 5.69 Å². The molecule has 2 aromatic heterocycles. The van der Waals surface area contributed by atoms with E-state index in [1.54, 1.807) is 12.3 Å². The Morgan fingerprint density at radius 1 is 1.61 bits per heavy atom. The van der Waals surface area contributed by atoms with Crippen molar-refractivity contribution in [2.45, 2.75) is 6.54 Å². The van der Waals surface area contributed by atoms with Crippen LogP contribution in [-0.4, -0.2) is 20.1 Å². The van der Waals surface area contributed by atoms with E-state index in [1.807, 2.05) is 6.07 Å². The van der Waals surface area contributed by atoms with Gasteiger partial charge in [-0.1, -0.05) is 0 Å². The van der Waals surface area contributed by atoms with Gasteiger partial charge < -0.3 is 5.32 Å². The summed E-state index contributed by atoms with van der Waals surface area (Å²) in [6.07, 6.45) is 2.86. The van der Waals surface area contributed by atoms with E-state index in [0.717, 1.165) is 5.69 Å². The molecule has 0 bridgehead atoms. The van der Waals surface area contributed by atoms with Crippen LogP contribution in [0.1, 0.15) is 11.3 Å². The average molecular weight is 244 g/mol. The molecule has 0 fully saturated rings. The van der Waals surface area contributed by atoms with Crippen LogP contribution >= 0.6 is 0 Å². The molecule has 0 aromatic carbocycles. The fourth-order valence-corrected chi connectivity index (χ4v) is 1.35. The van der Waals surface area contributed by atoms with Gasteiger partial charge in [0.2, 0.25) is 5.82 Å². The number of aromatic nitrogens is 3. The van der Waals surface area contributed by atoms with E-state index >= 15 is 0 Å². The second-order valence-corrected chi connectivity index (χ2v) is 3.40. The molecule has 2 aromatic rings. The molecular formula is C10H8N6O2. The number of hydrogen-bond acceptors (Lipinski definition) is 6. The van der Waals surface area contributed by atoms with Gasteiger partial charge in [-0.2, -0.15) is 10.4 Å². The summed E-state index contributed by atoms with van der Waals surface area (Å²) >= 11 is 0. The minimum absolute atomic E-state index is 0.119. The Balaban J connectivity index is 2.22. The van der Waals surface area contributed by atoms with Crippen LogP contribution in [0.2, 0.25) is 0 Å². The number of H-pyrrole nitrogens is 1. The Bertz CT molecular complexity index is 601. The molecule has 0 aliphatic rings. The number of aromatic amines is 1. The van der Waals surface area contributed by atoms with E-state index < -0.39 is 4.92 Å². The number of nitrogens with zero attached hydrogens (tertiary/aromatic N) is 4. The van der Waals surface area contributed by atoms with Crippen molar-refractivity contribution in [1.29, 1.82) is 5.26 Å². The van der Waals surface area contributed by atoms with Gasteiger partial charge in [-0.05, 0) is 6.07 Å². The van der Waals surface area contributed by atoms with Crippen LogP contribution in [0.15, 0.2) is 24.5 Å². The highest BCUT2D eigenvalue weighted by molar-refractivity contribution is 5.58. The number of nitrogens with one attached hydrogen (secondary N) is 2. The summed E-state index contributed by atoms with van der Waals surface area (Å²) in [5.41, 5.74) is 0.692. The van der Waals surface area contributed by atoms with Crippen molar-refractivity contribution in [2.75, 3.05) is 5.32 Å². The average Bonchev–Trinajstić information content (AvgIpc) is 2.89. The molecule has 0 amide bonds. The predicted octanol–water partition coefficient (Wildman–Crippen LogP) is 1.20. The summed E-state index contributed by atoms with van der Waals surface area (Å²) in [5.74, 6) is 0.119. The van der Waals surface area contributed by atoms with E-state index in [-0.39, 0.29) is 17.1 Å². The summed E-state index contributed by atoms with van der Waals surface area (Å²) in [6.45, 7) is 0.333. The third-order valence-electron chi connectivity index (χ3n) is 2.20. The van der Waals surface area contributed by atoms with Crippen LogP contribution < -0.4 is 5.32 Å². The fourth-order valence-electron chi connectivity index (χ4n) is 1.35. The van der Waals surface area contributed by atoms with Crippen LogP contribution in [-0.2, 0) is 6.54 Å². The first-order valence-electron chi connectivity index (χ1n) is 4.97. The molecule has 2 N–H and O–H groups in total. The normalized spacial score (nSPS) is 9.72. The molecule has 0 aliphatic heterocycles. The fraction of sp³-hybridized carbons (Fsp3) is 0.100. The summed E-state index contributed by atoms with van der Waals surface area (Å²) in [7, 11) is 0. The maximum atomic E-state index is 10.8. The van der Waals surface area contributed by atoms with Crippen molar-refractivity contribution < 1.29 is 4.92 Å². The summed E-state index contributed by atoms with van der Waals surface area (Å²) in [6, 6.07) is 4.73. The van der Waals surface area contributed by atoms with Gasteiger partial charge in [0.15, 0.2) is 0 Å². The van der Waals surface area contributed by atoms with Crippen LogP contribution in [0, 0.1) is 21.4 Å². The number of hydrogen-bond donors (Lipinski definition) is 2. The highest BCUT2D eigenvalue weighted by Crippen LogP contribution is 2.22. The zero-order chi connectivity index (χ0) is 13.0. The molecule has 0 saturated carbocycles. The standard InChI is InChI=1S/C10H8N6O2/c11-4-7-3-9(16(17)18)10(12-5-7)13-6-8-1-2-14-15-8/h1-3,5H,6H2,(H,12,13)(H,14,15). The van der Waals surface area contributed by atoms with E-state index in [0.29, 0.717) is 6.54 Å². The quantitative estimate of drug-likeness (QED) is 0.615. The molecule has 0 unspecified atom stereocenters. The van der Waals surface area contributed by atoms with Gasteiger partial charge in [-0.25, -0.2) is 4.98 Å². The summed E-state index contributed by atoms with van der Waals surface area (Å²) < 4.78 is 0. The van der Waals surface area contributed by atoms with Crippen molar-refractivity contribution in [3.8, 4) is 6.07 Å². The van der Waals surface area contributed by atoms with Crippen molar-refractivity contribution >= 4 is 11.5 Å². The topological polar surface area (TPSA) is 121 Å². The van der Waals surface area contributed by atoms with Crippen molar-refractivity contribution in [3.63, 3.8) is 0 Å². The molecule has 90 valence electrons. The molecular weight excluding hydrogens is 236 g/mol.